The summed E-state index contributed by atoms with van der Waals surface area (Å²) >= 11 is 0. The number of nitrogens with zero attached hydrogens (tertiary/aromatic N) is 3. The Morgan fingerprint density at radius 2 is 2.41 bits per heavy atom. The van der Waals surface area contributed by atoms with E-state index in [4.69, 9.17) is 4.74 Å². The molecule has 0 aliphatic rings. The molecular formula is C11H17N5O. The monoisotopic (exact) mass is 235 g/mol. The van der Waals surface area contributed by atoms with Crippen molar-refractivity contribution in [3.8, 4) is 0 Å². The molecule has 0 aliphatic heterocycles. The summed E-state index contributed by atoms with van der Waals surface area (Å²) in [6.45, 7) is 3.62. The first kappa shape index (κ1) is 11.7. The smallest absolute Gasteiger partial charge is 0.207 e. The number of hydrogen-bond donors (Lipinski definition) is 2. The third-order valence-corrected chi connectivity index (χ3v) is 2.40. The molecule has 0 spiro atoms. The average Bonchev–Trinajstić information content (AvgIpc) is 2.90. The van der Waals surface area contributed by atoms with Gasteiger partial charge < -0.3 is 14.6 Å². The molecule has 0 bridgehead atoms. The van der Waals surface area contributed by atoms with Crippen LogP contribution in [0.5, 0.6) is 0 Å². The highest BCUT2D eigenvalue weighted by atomic mass is 16.5. The fourth-order valence-electron chi connectivity index (χ4n) is 1.64. The molecule has 0 saturated heterocycles. The van der Waals surface area contributed by atoms with Crippen LogP contribution < -0.4 is 5.32 Å². The number of imidazole rings is 1. The maximum absolute atomic E-state index is 5.05. The Morgan fingerprint density at radius 1 is 1.53 bits per heavy atom. The SMILES string of the molecule is COCCCn1cc(C)nc1Nc1cn[nH]c1. The zero-order chi connectivity index (χ0) is 12.1. The summed E-state index contributed by atoms with van der Waals surface area (Å²) in [4.78, 5) is 4.43. The number of anilines is 2. The Kier molecular flexibility index (Phi) is 3.77. The van der Waals surface area contributed by atoms with Gasteiger partial charge in [-0.1, -0.05) is 0 Å². The lowest BCUT2D eigenvalue weighted by atomic mass is 10.4. The predicted molar refractivity (Wildman–Crippen MR) is 65.3 cm³/mol. The molecule has 17 heavy (non-hydrogen) atoms. The second-order valence-corrected chi connectivity index (χ2v) is 3.86. The number of hydrogen-bond acceptors (Lipinski definition) is 4. The Balaban J connectivity index is 2.05. The molecule has 2 N–H and O–H groups in total. The van der Waals surface area contributed by atoms with Gasteiger partial charge in [0.2, 0.25) is 5.95 Å². The van der Waals surface area contributed by atoms with E-state index in [9.17, 15) is 0 Å². The fourth-order valence-corrected chi connectivity index (χ4v) is 1.64. The number of aryl methyl sites for hydroxylation is 2. The Bertz CT molecular complexity index is 448. The highest BCUT2D eigenvalue weighted by Gasteiger charge is 2.06. The minimum Gasteiger partial charge on any atom is -0.385 e. The summed E-state index contributed by atoms with van der Waals surface area (Å²) in [5.74, 6) is 0.833. The highest BCUT2D eigenvalue weighted by molar-refractivity contribution is 5.51. The van der Waals surface area contributed by atoms with Gasteiger partial charge in [-0.05, 0) is 13.3 Å². The van der Waals surface area contributed by atoms with E-state index in [-0.39, 0.29) is 0 Å². The number of rotatable bonds is 6. The molecule has 6 nitrogen and oxygen atoms in total. The molecule has 92 valence electrons. The fraction of sp³-hybridized carbons (Fsp3) is 0.455. The normalized spacial score (nSPS) is 10.7. The number of nitrogens with one attached hydrogen (secondary N) is 2. The molecule has 0 saturated carbocycles. The number of ether oxygens (including phenoxy) is 1. The van der Waals surface area contributed by atoms with Crippen molar-refractivity contribution in [3.63, 3.8) is 0 Å². The molecule has 0 unspecified atom stereocenters. The van der Waals surface area contributed by atoms with Crippen molar-refractivity contribution in [2.75, 3.05) is 19.0 Å². The number of methoxy groups -OCH3 is 1. The van der Waals surface area contributed by atoms with Crippen LogP contribution >= 0.6 is 0 Å². The quantitative estimate of drug-likeness (QED) is 0.748. The number of aromatic nitrogens is 4. The largest absolute Gasteiger partial charge is 0.385 e. The van der Waals surface area contributed by atoms with Crippen LogP contribution in [0.15, 0.2) is 18.6 Å². The molecule has 0 amide bonds. The Morgan fingerprint density at radius 3 is 3.12 bits per heavy atom. The van der Waals surface area contributed by atoms with E-state index in [1.54, 1.807) is 19.5 Å². The molecule has 0 atom stereocenters. The summed E-state index contributed by atoms with van der Waals surface area (Å²) in [6, 6.07) is 0. The van der Waals surface area contributed by atoms with Crippen molar-refractivity contribution in [3.05, 3.63) is 24.3 Å². The van der Waals surface area contributed by atoms with E-state index in [2.05, 4.69) is 25.1 Å². The summed E-state index contributed by atoms with van der Waals surface area (Å²) in [5.41, 5.74) is 1.90. The molecule has 0 fully saturated rings. The zero-order valence-electron chi connectivity index (χ0n) is 10.1. The predicted octanol–water partition coefficient (Wildman–Crippen LogP) is 1.69. The summed E-state index contributed by atoms with van der Waals surface area (Å²) < 4.78 is 7.13. The van der Waals surface area contributed by atoms with E-state index in [0.717, 1.165) is 36.9 Å². The van der Waals surface area contributed by atoms with Gasteiger partial charge in [0, 0.05) is 32.7 Å². The van der Waals surface area contributed by atoms with Gasteiger partial charge in [0.15, 0.2) is 0 Å². The Labute approximate surface area is 100 Å². The molecule has 2 aromatic rings. The first-order chi connectivity index (χ1) is 8.29. The summed E-state index contributed by atoms with van der Waals surface area (Å²) in [7, 11) is 1.71. The topological polar surface area (TPSA) is 67.8 Å². The van der Waals surface area contributed by atoms with Crippen molar-refractivity contribution >= 4 is 11.6 Å². The molecular weight excluding hydrogens is 218 g/mol. The van der Waals surface area contributed by atoms with Crippen LogP contribution in [0.25, 0.3) is 0 Å². The van der Waals surface area contributed by atoms with Crippen LogP contribution in [0.3, 0.4) is 0 Å². The highest BCUT2D eigenvalue weighted by Crippen LogP contribution is 2.15. The number of aromatic amines is 1. The van der Waals surface area contributed by atoms with Crippen LogP contribution in [-0.4, -0.2) is 33.5 Å². The van der Waals surface area contributed by atoms with Gasteiger partial charge in [-0.2, -0.15) is 5.10 Å². The zero-order valence-corrected chi connectivity index (χ0v) is 10.1. The molecule has 6 heteroatoms. The van der Waals surface area contributed by atoms with E-state index < -0.39 is 0 Å². The van der Waals surface area contributed by atoms with E-state index in [0.29, 0.717) is 0 Å². The lowest BCUT2D eigenvalue weighted by Gasteiger charge is -2.07. The third kappa shape index (κ3) is 3.07. The van der Waals surface area contributed by atoms with Gasteiger partial charge >= 0.3 is 0 Å². The van der Waals surface area contributed by atoms with Gasteiger partial charge in [0.05, 0.1) is 17.6 Å². The third-order valence-electron chi connectivity index (χ3n) is 2.40. The van der Waals surface area contributed by atoms with Gasteiger partial charge in [0.25, 0.3) is 0 Å². The second kappa shape index (κ2) is 5.49. The van der Waals surface area contributed by atoms with E-state index >= 15 is 0 Å². The summed E-state index contributed by atoms with van der Waals surface area (Å²) in [5, 5.41) is 9.86. The summed E-state index contributed by atoms with van der Waals surface area (Å²) in [6.07, 6.45) is 6.51. The van der Waals surface area contributed by atoms with Crippen molar-refractivity contribution in [1.29, 1.82) is 0 Å². The van der Waals surface area contributed by atoms with Crippen molar-refractivity contribution in [2.24, 2.45) is 0 Å². The maximum Gasteiger partial charge on any atom is 0.207 e. The molecule has 0 radical (unpaired) electrons. The van der Waals surface area contributed by atoms with Crippen molar-refractivity contribution in [1.82, 2.24) is 19.7 Å². The average molecular weight is 235 g/mol. The van der Waals surface area contributed by atoms with E-state index in [1.165, 1.54) is 0 Å². The Hall–Kier alpha value is -1.82. The minimum atomic E-state index is 0.752. The number of H-pyrrole nitrogens is 1. The molecule has 2 rings (SSSR count). The second-order valence-electron chi connectivity index (χ2n) is 3.86. The standard InChI is InChI=1S/C11H17N5O/c1-9-8-16(4-3-5-17-2)11(14-9)15-10-6-12-13-7-10/h6-8H,3-5H2,1-2H3,(H,12,13)(H,14,15). The molecule has 0 aromatic carbocycles. The lowest BCUT2D eigenvalue weighted by Crippen LogP contribution is -2.04. The molecule has 2 heterocycles. The van der Waals surface area contributed by atoms with Gasteiger partial charge in [0.1, 0.15) is 0 Å². The van der Waals surface area contributed by atoms with Crippen LogP contribution in [0.4, 0.5) is 11.6 Å². The van der Waals surface area contributed by atoms with Gasteiger partial charge in [-0.3, -0.25) is 5.10 Å². The van der Waals surface area contributed by atoms with Crippen LogP contribution in [0, 0.1) is 6.92 Å². The lowest BCUT2D eigenvalue weighted by molar-refractivity contribution is 0.190. The van der Waals surface area contributed by atoms with Crippen LogP contribution in [0.2, 0.25) is 0 Å². The van der Waals surface area contributed by atoms with E-state index in [1.807, 2.05) is 13.1 Å². The van der Waals surface area contributed by atoms with Crippen LogP contribution in [0.1, 0.15) is 12.1 Å². The van der Waals surface area contributed by atoms with Gasteiger partial charge in [-0.15, -0.1) is 0 Å². The molecule has 0 aliphatic carbocycles. The minimum absolute atomic E-state index is 0.752. The van der Waals surface area contributed by atoms with Gasteiger partial charge in [-0.25, -0.2) is 4.98 Å². The van der Waals surface area contributed by atoms with Crippen LogP contribution in [-0.2, 0) is 11.3 Å². The van der Waals surface area contributed by atoms with Crippen molar-refractivity contribution in [2.45, 2.75) is 19.9 Å². The first-order valence-electron chi connectivity index (χ1n) is 5.58. The maximum atomic E-state index is 5.05. The first-order valence-corrected chi connectivity index (χ1v) is 5.58. The van der Waals surface area contributed by atoms with Crippen molar-refractivity contribution < 1.29 is 4.74 Å². The molecule has 2 aromatic heterocycles.